The summed E-state index contributed by atoms with van der Waals surface area (Å²) in [5, 5.41) is 6.93. The van der Waals surface area contributed by atoms with E-state index in [-0.39, 0.29) is 23.6 Å². The van der Waals surface area contributed by atoms with Gasteiger partial charge in [-0.15, -0.1) is 0 Å². The minimum atomic E-state index is -0.291. The number of benzene rings is 1. The van der Waals surface area contributed by atoms with Crippen LogP contribution < -0.4 is 5.32 Å². The van der Waals surface area contributed by atoms with Gasteiger partial charge >= 0.3 is 0 Å². The number of rotatable bonds is 4. The Morgan fingerprint density at radius 3 is 2.52 bits per heavy atom. The largest absolute Gasteiger partial charge is 0.459 e. The molecule has 4 rings (SSSR count). The number of carbonyl (C=O) groups is 2. The zero-order valence-electron chi connectivity index (χ0n) is 14.6. The third kappa shape index (κ3) is 3.76. The zero-order valence-corrected chi connectivity index (χ0v) is 14.6. The Kier molecular flexibility index (Phi) is 4.74. The van der Waals surface area contributed by atoms with E-state index in [0.717, 1.165) is 5.56 Å². The predicted molar refractivity (Wildman–Crippen MR) is 97.0 cm³/mol. The molecule has 7 nitrogen and oxygen atoms in total. The second-order valence-corrected chi connectivity index (χ2v) is 6.46. The highest BCUT2D eigenvalue weighted by atomic mass is 16.5. The summed E-state index contributed by atoms with van der Waals surface area (Å²) < 4.78 is 10.3. The topological polar surface area (TPSA) is 88.6 Å². The van der Waals surface area contributed by atoms with Gasteiger partial charge in [-0.1, -0.05) is 35.5 Å². The average Bonchev–Trinajstić information content (AvgIpc) is 3.41. The molecular weight excluding hydrogens is 346 g/mol. The molecule has 7 heteroatoms. The van der Waals surface area contributed by atoms with Crippen LogP contribution in [0.5, 0.6) is 0 Å². The average molecular weight is 365 g/mol. The summed E-state index contributed by atoms with van der Waals surface area (Å²) in [4.78, 5) is 26.4. The Bertz CT molecular complexity index is 910. The van der Waals surface area contributed by atoms with E-state index < -0.39 is 0 Å². The Labute approximate surface area is 155 Å². The smallest absolute Gasteiger partial charge is 0.290 e. The number of hydrogen-bond acceptors (Lipinski definition) is 5. The molecule has 3 aromatic rings. The number of piperidine rings is 1. The van der Waals surface area contributed by atoms with E-state index in [9.17, 15) is 9.59 Å². The van der Waals surface area contributed by atoms with Crippen molar-refractivity contribution in [3.05, 3.63) is 66.3 Å². The maximum Gasteiger partial charge on any atom is 0.290 e. The van der Waals surface area contributed by atoms with E-state index >= 15 is 0 Å². The number of nitrogens with zero attached hydrogens (tertiary/aromatic N) is 2. The number of furan rings is 1. The summed E-state index contributed by atoms with van der Waals surface area (Å²) in [6, 6.07) is 14.5. The number of nitrogens with one attached hydrogen (secondary N) is 1. The summed E-state index contributed by atoms with van der Waals surface area (Å²) in [6.07, 6.45) is 2.84. The molecule has 2 amide bonds. The molecule has 3 heterocycles. The van der Waals surface area contributed by atoms with Gasteiger partial charge in [0.25, 0.3) is 11.8 Å². The molecular formula is C20H19N3O4. The first-order valence-electron chi connectivity index (χ1n) is 8.86. The van der Waals surface area contributed by atoms with E-state index in [2.05, 4.69) is 10.5 Å². The third-order valence-corrected chi connectivity index (χ3v) is 4.65. The van der Waals surface area contributed by atoms with Crippen molar-refractivity contribution in [1.82, 2.24) is 15.4 Å². The van der Waals surface area contributed by atoms with Gasteiger partial charge in [0, 0.05) is 30.8 Å². The van der Waals surface area contributed by atoms with E-state index in [1.165, 1.54) is 6.26 Å². The SMILES string of the molecule is O=C(NC1CCN(C(=O)c2ccco2)CC1)c1cc(-c2ccccc2)no1. The molecule has 0 aliphatic carbocycles. The molecule has 0 spiro atoms. The van der Waals surface area contributed by atoms with E-state index in [1.54, 1.807) is 23.1 Å². The fourth-order valence-corrected chi connectivity index (χ4v) is 3.17. The minimum absolute atomic E-state index is 0.0107. The number of hydrogen-bond donors (Lipinski definition) is 1. The lowest BCUT2D eigenvalue weighted by molar-refractivity contribution is 0.0664. The van der Waals surface area contributed by atoms with Crippen LogP contribution in [0.25, 0.3) is 11.3 Å². The second-order valence-electron chi connectivity index (χ2n) is 6.46. The van der Waals surface area contributed by atoms with Gasteiger partial charge in [0.05, 0.1) is 6.26 Å². The van der Waals surface area contributed by atoms with Gasteiger partial charge in [0.1, 0.15) is 5.69 Å². The highest BCUT2D eigenvalue weighted by Crippen LogP contribution is 2.19. The molecule has 0 radical (unpaired) electrons. The molecule has 1 aliphatic heterocycles. The third-order valence-electron chi connectivity index (χ3n) is 4.65. The van der Waals surface area contributed by atoms with Crippen LogP contribution in [-0.2, 0) is 0 Å². The van der Waals surface area contributed by atoms with Crippen LogP contribution in [0, 0.1) is 0 Å². The summed E-state index contributed by atoms with van der Waals surface area (Å²) in [7, 11) is 0. The lowest BCUT2D eigenvalue weighted by Crippen LogP contribution is -2.46. The van der Waals surface area contributed by atoms with Crippen LogP contribution in [0.15, 0.2) is 63.7 Å². The predicted octanol–water partition coefficient (Wildman–Crippen LogP) is 2.97. The van der Waals surface area contributed by atoms with Gasteiger partial charge in [-0.2, -0.15) is 0 Å². The standard InChI is InChI=1S/C20H19N3O4/c24-19(18-13-16(22-27-18)14-5-2-1-3-6-14)21-15-8-10-23(11-9-15)20(25)17-7-4-12-26-17/h1-7,12-13,15H,8-11H2,(H,21,24). The normalized spacial score (nSPS) is 14.9. The molecule has 1 N–H and O–H groups in total. The van der Waals surface area contributed by atoms with Crippen LogP contribution in [0.4, 0.5) is 0 Å². The van der Waals surface area contributed by atoms with E-state index in [0.29, 0.717) is 37.4 Å². The van der Waals surface area contributed by atoms with Crippen LogP contribution in [-0.4, -0.2) is 41.0 Å². The lowest BCUT2D eigenvalue weighted by Gasteiger charge is -2.31. The molecule has 1 saturated heterocycles. The fourth-order valence-electron chi connectivity index (χ4n) is 3.17. The quantitative estimate of drug-likeness (QED) is 0.768. The van der Waals surface area contributed by atoms with Gasteiger partial charge in [-0.05, 0) is 25.0 Å². The van der Waals surface area contributed by atoms with Gasteiger partial charge < -0.3 is 19.2 Å². The van der Waals surface area contributed by atoms with Crippen LogP contribution in [0.1, 0.15) is 34.0 Å². The Hall–Kier alpha value is -3.35. The monoisotopic (exact) mass is 365 g/mol. The Morgan fingerprint density at radius 2 is 1.81 bits per heavy atom. The minimum Gasteiger partial charge on any atom is -0.459 e. The van der Waals surface area contributed by atoms with E-state index in [4.69, 9.17) is 8.94 Å². The Balaban J connectivity index is 1.32. The van der Waals surface area contributed by atoms with Gasteiger partial charge in [-0.25, -0.2) is 0 Å². The first-order chi connectivity index (χ1) is 13.2. The molecule has 27 heavy (non-hydrogen) atoms. The summed E-state index contributed by atoms with van der Waals surface area (Å²) in [5.74, 6) is 0.114. The number of aromatic nitrogens is 1. The van der Waals surface area contributed by atoms with Crippen molar-refractivity contribution >= 4 is 11.8 Å². The summed E-state index contributed by atoms with van der Waals surface area (Å²) >= 11 is 0. The fraction of sp³-hybridized carbons (Fsp3) is 0.250. The maximum atomic E-state index is 12.4. The molecule has 2 aromatic heterocycles. The van der Waals surface area contributed by atoms with Crippen molar-refractivity contribution in [3.63, 3.8) is 0 Å². The molecule has 0 saturated carbocycles. The molecule has 138 valence electrons. The number of carbonyl (C=O) groups excluding carboxylic acids is 2. The van der Waals surface area contributed by atoms with E-state index in [1.807, 2.05) is 30.3 Å². The Morgan fingerprint density at radius 1 is 1.04 bits per heavy atom. The lowest BCUT2D eigenvalue weighted by atomic mass is 10.0. The van der Waals surface area contributed by atoms with Crippen LogP contribution in [0.3, 0.4) is 0 Å². The molecule has 0 unspecified atom stereocenters. The van der Waals surface area contributed by atoms with Crippen molar-refractivity contribution in [2.45, 2.75) is 18.9 Å². The zero-order chi connectivity index (χ0) is 18.6. The van der Waals surface area contributed by atoms with Gasteiger partial charge in [0.2, 0.25) is 5.76 Å². The van der Waals surface area contributed by atoms with Gasteiger partial charge in [-0.3, -0.25) is 9.59 Å². The van der Waals surface area contributed by atoms with Crippen molar-refractivity contribution in [2.75, 3.05) is 13.1 Å². The molecule has 1 aliphatic rings. The second kappa shape index (κ2) is 7.49. The van der Waals surface area contributed by atoms with Crippen LogP contribution in [0.2, 0.25) is 0 Å². The van der Waals surface area contributed by atoms with Crippen molar-refractivity contribution in [2.24, 2.45) is 0 Å². The van der Waals surface area contributed by atoms with Crippen molar-refractivity contribution in [1.29, 1.82) is 0 Å². The summed E-state index contributed by atoms with van der Waals surface area (Å²) in [5.41, 5.74) is 1.52. The highest BCUT2D eigenvalue weighted by molar-refractivity contribution is 5.93. The molecule has 1 fully saturated rings. The number of likely N-dealkylation sites (tertiary alicyclic amines) is 1. The van der Waals surface area contributed by atoms with Crippen molar-refractivity contribution < 1.29 is 18.5 Å². The molecule has 0 bridgehead atoms. The summed E-state index contributed by atoms with van der Waals surface area (Å²) in [6.45, 7) is 1.13. The first-order valence-corrected chi connectivity index (χ1v) is 8.86. The van der Waals surface area contributed by atoms with Crippen LogP contribution >= 0.6 is 0 Å². The van der Waals surface area contributed by atoms with Gasteiger partial charge in [0.15, 0.2) is 5.76 Å². The highest BCUT2D eigenvalue weighted by Gasteiger charge is 2.26. The molecule has 1 aromatic carbocycles. The van der Waals surface area contributed by atoms with Crippen molar-refractivity contribution in [3.8, 4) is 11.3 Å². The first kappa shape index (κ1) is 17.1. The number of amides is 2. The molecule has 0 atom stereocenters. The maximum absolute atomic E-state index is 12.4.